The molecule has 1 atom stereocenters. The molecule has 4 heterocycles. The van der Waals surface area contributed by atoms with Crippen LogP contribution in [0.2, 0.25) is 0 Å². The molecule has 10 heteroatoms. The second-order valence-corrected chi connectivity index (χ2v) is 8.50. The molecule has 0 saturated carbocycles. The lowest BCUT2D eigenvalue weighted by atomic mass is 9.93. The van der Waals surface area contributed by atoms with E-state index in [1.807, 2.05) is 12.1 Å². The van der Waals surface area contributed by atoms with Crippen LogP contribution in [0, 0.1) is 25.2 Å². The standard InChI is InChI=1S/C24H25N7O3/c1-14-17(4-5-18-20(14)13-34-24(18)32)21-12-30(7-6-26-21)11-16-10-27-31(29-16)23-8-22(33-3)19(9-25)15(2)28-23/h4-5,8,10,21,26H,6-7,11-13H2,1-3H3/t21-/m0/s1. The number of nitriles is 1. The van der Waals surface area contributed by atoms with Crippen molar-refractivity contribution in [1.82, 2.24) is 30.2 Å². The van der Waals surface area contributed by atoms with Gasteiger partial charge in [0.15, 0.2) is 5.82 Å². The van der Waals surface area contributed by atoms with Crippen molar-refractivity contribution < 1.29 is 14.3 Å². The van der Waals surface area contributed by atoms with Crippen LogP contribution in [0.4, 0.5) is 0 Å². The first kappa shape index (κ1) is 22.0. The zero-order chi connectivity index (χ0) is 23.8. The van der Waals surface area contributed by atoms with Gasteiger partial charge in [-0.25, -0.2) is 9.78 Å². The molecule has 1 aromatic carbocycles. The van der Waals surface area contributed by atoms with Gasteiger partial charge in [-0.1, -0.05) is 6.07 Å². The highest BCUT2D eigenvalue weighted by Gasteiger charge is 2.28. The highest BCUT2D eigenvalue weighted by molar-refractivity contribution is 5.94. The molecule has 174 valence electrons. The number of fused-ring (bicyclic) bond motifs is 1. The molecule has 2 aliphatic heterocycles. The summed E-state index contributed by atoms with van der Waals surface area (Å²) in [4.78, 5) is 20.1. The van der Waals surface area contributed by atoms with E-state index in [9.17, 15) is 10.1 Å². The third-order valence-electron chi connectivity index (χ3n) is 6.46. The summed E-state index contributed by atoms with van der Waals surface area (Å²) in [5.74, 6) is 0.712. The van der Waals surface area contributed by atoms with Crippen LogP contribution >= 0.6 is 0 Å². The summed E-state index contributed by atoms with van der Waals surface area (Å²) < 4.78 is 10.5. The fourth-order valence-electron chi connectivity index (χ4n) is 4.64. The third kappa shape index (κ3) is 3.89. The molecule has 5 rings (SSSR count). The van der Waals surface area contributed by atoms with E-state index in [0.29, 0.717) is 41.5 Å². The number of carbonyl (C=O) groups excluding carboxylic acids is 1. The molecule has 0 aliphatic carbocycles. The Labute approximate surface area is 197 Å². The number of cyclic esters (lactones) is 1. The van der Waals surface area contributed by atoms with Gasteiger partial charge >= 0.3 is 5.97 Å². The summed E-state index contributed by atoms with van der Waals surface area (Å²) in [7, 11) is 1.52. The second kappa shape index (κ2) is 8.85. The number of pyridine rings is 1. The van der Waals surface area contributed by atoms with E-state index in [-0.39, 0.29) is 12.0 Å². The van der Waals surface area contributed by atoms with Gasteiger partial charge in [0.25, 0.3) is 0 Å². The van der Waals surface area contributed by atoms with Gasteiger partial charge in [-0.05, 0) is 31.0 Å². The Morgan fingerprint density at radius 2 is 2.21 bits per heavy atom. The molecule has 0 bridgehead atoms. The van der Waals surface area contributed by atoms with Crippen LogP contribution in [-0.4, -0.2) is 57.6 Å². The van der Waals surface area contributed by atoms with Gasteiger partial charge in [0.1, 0.15) is 24.0 Å². The van der Waals surface area contributed by atoms with Gasteiger partial charge in [-0.2, -0.15) is 15.5 Å². The highest BCUT2D eigenvalue weighted by atomic mass is 16.5. The number of hydrogen-bond donors (Lipinski definition) is 1. The number of carbonyl (C=O) groups is 1. The Kier molecular flexibility index (Phi) is 5.73. The smallest absolute Gasteiger partial charge is 0.338 e. The maximum absolute atomic E-state index is 11.9. The molecular weight excluding hydrogens is 434 g/mol. The van der Waals surface area contributed by atoms with Crippen molar-refractivity contribution in [3.63, 3.8) is 0 Å². The average molecular weight is 460 g/mol. The molecule has 0 amide bonds. The van der Waals surface area contributed by atoms with E-state index in [1.54, 1.807) is 19.2 Å². The van der Waals surface area contributed by atoms with Gasteiger partial charge in [-0.3, -0.25) is 4.90 Å². The van der Waals surface area contributed by atoms with Crippen LogP contribution in [-0.2, 0) is 17.9 Å². The van der Waals surface area contributed by atoms with Crippen molar-refractivity contribution in [2.24, 2.45) is 0 Å². The summed E-state index contributed by atoms with van der Waals surface area (Å²) in [5, 5.41) is 21.9. The van der Waals surface area contributed by atoms with Gasteiger partial charge in [0, 0.05) is 43.9 Å². The van der Waals surface area contributed by atoms with Crippen molar-refractivity contribution >= 4 is 5.97 Å². The molecule has 3 aromatic rings. The summed E-state index contributed by atoms with van der Waals surface area (Å²) in [6.07, 6.45) is 1.74. The fourth-order valence-corrected chi connectivity index (χ4v) is 4.64. The average Bonchev–Trinajstić information content (AvgIpc) is 3.46. The Balaban J connectivity index is 1.32. The van der Waals surface area contributed by atoms with Crippen LogP contribution in [0.15, 0.2) is 24.4 Å². The van der Waals surface area contributed by atoms with E-state index in [2.05, 4.69) is 38.4 Å². The number of esters is 1. The number of aromatic nitrogens is 4. The van der Waals surface area contributed by atoms with Crippen molar-refractivity contribution in [3.8, 4) is 17.6 Å². The Morgan fingerprint density at radius 3 is 3.00 bits per heavy atom. The summed E-state index contributed by atoms with van der Waals surface area (Å²) in [6.45, 7) is 7.36. The summed E-state index contributed by atoms with van der Waals surface area (Å²) >= 11 is 0. The SMILES string of the molecule is COc1cc(-n2ncc(CN3CCN[C@H](c4ccc5c(c4C)COC5=O)C3)n2)nc(C)c1C#N. The topological polar surface area (TPSA) is 118 Å². The number of nitrogens with one attached hydrogen (secondary N) is 1. The van der Waals surface area contributed by atoms with Crippen LogP contribution in [0.3, 0.4) is 0 Å². The van der Waals surface area contributed by atoms with Crippen LogP contribution < -0.4 is 10.1 Å². The van der Waals surface area contributed by atoms with Gasteiger partial charge < -0.3 is 14.8 Å². The zero-order valence-corrected chi connectivity index (χ0v) is 19.3. The second-order valence-electron chi connectivity index (χ2n) is 8.50. The number of benzene rings is 1. The van der Waals surface area contributed by atoms with E-state index in [0.717, 1.165) is 36.5 Å². The lowest BCUT2D eigenvalue weighted by Crippen LogP contribution is -2.45. The molecule has 0 radical (unpaired) electrons. The minimum Gasteiger partial charge on any atom is -0.495 e. The molecule has 0 unspecified atom stereocenters. The third-order valence-corrected chi connectivity index (χ3v) is 6.46. The minimum atomic E-state index is -0.240. The van der Waals surface area contributed by atoms with E-state index >= 15 is 0 Å². The number of methoxy groups -OCH3 is 1. The number of ether oxygens (including phenoxy) is 2. The lowest BCUT2D eigenvalue weighted by molar-refractivity contribution is 0.0535. The van der Waals surface area contributed by atoms with Gasteiger partial charge in [0.05, 0.1) is 30.3 Å². The predicted molar refractivity (Wildman–Crippen MR) is 121 cm³/mol. The Morgan fingerprint density at radius 1 is 1.35 bits per heavy atom. The molecule has 1 N–H and O–H groups in total. The first-order valence-electron chi connectivity index (χ1n) is 11.1. The molecule has 34 heavy (non-hydrogen) atoms. The van der Waals surface area contributed by atoms with Crippen LogP contribution in [0.1, 0.15) is 50.0 Å². The molecule has 1 fully saturated rings. The maximum Gasteiger partial charge on any atom is 0.338 e. The molecule has 2 aliphatic rings. The number of aryl methyl sites for hydroxylation is 1. The largest absolute Gasteiger partial charge is 0.495 e. The van der Waals surface area contributed by atoms with Crippen molar-refractivity contribution in [2.45, 2.75) is 33.0 Å². The monoisotopic (exact) mass is 459 g/mol. The molecule has 0 spiro atoms. The molecule has 2 aromatic heterocycles. The molecule has 10 nitrogen and oxygen atoms in total. The van der Waals surface area contributed by atoms with E-state index < -0.39 is 0 Å². The quantitative estimate of drug-likeness (QED) is 0.571. The van der Waals surface area contributed by atoms with E-state index in [1.165, 1.54) is 17.5 Å². The normalized spacial score (nSPS) is 17.8. The fraction of sp³-hybridized carbons (Fsp3) is 0.375. The van der Waals surface area contributed by atoms with Crippen LogP contribution in [0.5, 0.6) is 5.75 Å². The Hall–Kier alpha value is -3.81. The van der Waals surface area contributed by atoms with Crippen molar-refractivity contribution in [1.29, 1.82) is 5.26 Å². The highest BCUT2D eigenvalue weighted by Crippen LogP contribution is 2.30. The van der Waals surface area contributed by atoms with Crippen molar-refractivity contribution in [3.05, 3.63) is 63.6 Å². The van der Waals surface area contributed by atoms with Crippen LogP contribution in [0.25, 0.3) is 5.82 Å². The van der Waals surface area contributed by atoms with Gasteiger partial charge in [-0.15, -0.1) is 4.80 Å². The number of rotatable bonds is 5. The van der Waals surface area contributed by atoms with Gasteiger partial charge in [0.2, 0.25) is 0 Å². The number of hydrogen-bond acceptors (Lipinski definition) is 9. The summed E-state index contributed by atoms with van der Waals surface area (Å²) in [6, 6.07) is 7.84. The number of nitrogens with zero attached hydrogens (tertiary/aromatic N) is 6. The van der Waals surface area contributed by atoms with Crippen molar-refractivity contribution in [2.75, 3.05) is 26.7 Å². The molecule has 1 saturated heterocycles. The lowest BCUT2D eigenvalue weighted by Gasteiger charge is -2.34. The first-order valence-corrected chi connectivity index (χ1v) is 11.1. The van der Waals surface area contributed by atoms with E-state index in [4.69, 9.17) is 9.47 Å². The summed E-state index contributed by atoms with van der Waals surface area (Å²) in [5.41, 5.74) is 5.77. The Bertz CT molecular complexity index is 1310. The maximum atomic E-state index is 11.9. The molecular formula is C24H25N7O3. The predicted octanol–water partition coefficient (Wildman–Crippen LogP) is 1.98. The minimum absolute atomic E-state index is 0.150. The zero-order valence-electron chi connectivity index (χ0n) is 19.3. The first-order chi connectivity index (χ1) is 16.5. The number of piperazine rings is 1.